The van der Waals surface area contributed by atoms with E-state index in [1.807, 2.05) is 6.07 Å². The summed E-state index contributed by atoms with van der Waals surface area (Å²) in [7, 11) is -2.66. The van der Waals surface area contributed by atoms with Crippen molar-refractivity contribution in [1.29, 1.82) is 0 Å². The monoisotopic (exact) mass is 418 g/mol. The fourth-order valence-electron chi connectivity index (χ4n) is 3.34. The van der Waals surface area contributed by atoms with Crippen LogP contribution in [0.3, 0.4) is 0 Å². The van der Waals surface area contributed by atoms with Gasteiger partial charge in [0.05, 0.1) is 4.90 Å². The van der Waals surface area contributed by atoms with Gasteiger partial charge in [-0.25, -0.2) is 8.42 Å². The van der Waals surface area contributed by atoms with E-state index in [4.69, 9.17) is 0 Å². The van der Waals surface area contributed by atoms with E-state index in [9.17, 15) is 18.4 Å². The predicted molar refractivity (Wildman–Crippen MR) is 104 cm³/mol. The first-order chi connectivity index (χ1) is 13.9. The summed E-state index contributed by atoms with van der Waals surface area (Å²) >= 11 is 0. The first-order valence-corrected chi connectivity index (χ1v) is 10.5. The molecule has 1 amide bonds. The number of carbonyl (C=O) groups excluding carboxylic acids is 1. The zero-order valence-corrected chi connectivity index (χ0v) is 16.7. The second-order valence-corrected chi connectivity index (χ2v) is 8.32. The van der Waals surface area contributed by atoms with E-state index in [1.165, 1.54) is 28.4 Å². The van der Waals surface area contributed by atoms with E-state index < -0.39 is 28.6 Å². The van der Waals surface area contributed by atoms with Crippen LogP contribution in [0.2, 0.25) is 0 Å². The average Bonchev–Trinajstić information content (AvgIpc) is 2.74. The SMILES string of the molecule is CO/N=[N+](\[O-])CC(=O)N1CCCN(S(=O)(=O)c2ccccc2)C1c1ccccc1. The van der Waals surface area contributed by atoms with Gasteiger partial charge >= 0.3 is 0 Å². The topological polar surface area (TPSA) is 105 Å². The number of amides is 1. The maximum atomic E-state index is 13.3. The Morgan fingerprint density at radius 3 is 2.38 bits per heavy atom. The molecule has 1 aliphatic heterocycles. The molecule has 1 fully saturated rings. The Labute approximate surface area is 169 Å². The number of hydrogen-bond donors (Lipinski definition) is 0. The largest absolute Gasteiger partial charge is 0.597 e. The van der Waals surface area contributed by atoms with Crippen LogP contribution in [0, 0.1) is 5.21 Å². The molecule has 0 N–H and O–H groups in total. The minimum Gasteiger partial charge on any atom is -0.597 e. The Morgan fingerprint density at radius 1 is 1.14 bits per heavy atom. The highest BCUT2D eigenvalue weighted by molar-refractivity contribution is 7.89. The molecular formula is C19H22N4O5S. The van der Waals surface area contributed by atoms with Crippen LogP contribution in [0.25, 0.3) is 0 Å². The minimum atomic E-state index is -3.86. The van der Waals surface area contributed by atoms with Crippen molar-refractivity contribution < 1.29 is 22.9 Å². The third kappa shape index (κ3) is 4.54. The second kappa shape index (κ2) is 9.01. The first kappa shape index (κ1) is 20.7. The smallest absolute Gasteiger partial charge is 0.293 e. The number of sulfonamides is 1. The molecule has 0 spiro atoms. The first-order valence-electron chi connectivity index (χ1n) is 9.05. The van der Waals surface area contributed by atoms with Crippen LogP contribution >= 0.6 is 0 Å². The van der Waals surface area contributed by atoms with Gasteiger partial charge in [0.1, 0.15) is 13.3 Å². The molecule has 0 aliphatic carbocycles. The zero-order chi connectivity index (χ0) is 20.9. The molecule has 0 saturated carbocycles. The third-order valence-electron chi connectivity index (χ3n) is 4.56. The maximum Gasteiger partial charge on any atom is 0.293 e. The number of benzene rings is 2. The summed E-state index contributed by atoms with van der Waals surface area (Å²) in [6.07, 6.45) is -0.417. The Kier molecular flexibility index (Phi) is 6.45. The number of nitrogens with zero attached hydrogens (tertiary/aromatic N) is 4. The molecule has 10 heteroatoms. The molecule has 9 nitrogen and oxygen atoms in total. The molecule has 0 aromatic heterocycles. The normalized spacial score (nSPS) is 18.4. The number of hydrogen-bond acceptors (Lipinski definition) is 6. The molecule has 0 radical (unpaired) electrons. The summed E-state index contributed by atoms with van der Waals surface area (Å²) in [6.45, 7) is 0.000524. The van der Waals surface area contributed by atoms with Crippen LogP contribution in [0.4, 0.5) is 0 Å². The van der Waals surface area contributed by atoms with Gasteiger partial charge in [-0.2, -0.15) is 4.31 Å². The summed E-state index contributed by atoms with van der Waals surface area (Å²) in [4.78, 5) is 18.9. The molecule has 1 heterocycles. The van der Waals surface area contributed by atoms with Crippen molar-refractivity contribution in [1.82, 2.24) is 9.21 Å². The molecule has 3 rings (SSSR count). The van der Waals surface area contributed by atoms with Crippen molar-refractivity contribution in [3.8, 4) is 0 Å². The standard InChI is InChI=1S/C19H22N4O5S/c1-28-20-23(25)15-18(24)21-13-8-14-22(19(21)16-9-4-2-5-10-16)29(26,27)17-11-6-3-7-12-17/h2-7,9-12,19H,8,13-15H2,1H3/b23-20-. The predicted octanol–water partition coefficient (Wildman–Crippen LogP) is 2.13. The molecule has 29 heavy (non-hydrogen) atoms. The van der Waals surface area contributed by atoms with Gasteiger partial charge in [-0.15, -0.1) is 0 Å². The summed E-state index contributed by atoms with van der Waals surface area (Å²) in [5, 5.41) is 14.9. The second-order valence-electron chi connectivity index (χ2n) is 6.43. The highest BCUT2D eigenvalue weighted by Gasteiger charge is 2.41. The summed E-state index contributed by atoms with van der Waals surface area (Å²) in [5.74, 6) is -0.539. The van der Waals surface area contributed by atoms with E-state index in [2.05, 4.69) is 10.1 Å². The summed E-state index contributed by atoms with van der Waals surface area (Å²) < 4.78 is 28.0. The van der Waals surface area contributed by atoms with Gasteiger partial charge in [0.15, 0.2) is 5.28 Å². The van der Waals surface area contributed by atoms with Gasteiger partial charge < -0.3 is 14.9 Å². The maximum absolute atomic E-state index is 13.3. The Morgan fingerprint density at radius 2 is 1.76 bits per heavy atom. The van der Waals surface area contributed by atoms with Gasteiger partial charge in [-0.05, 0) is 29.0 Å². The fourth-order valence-corrected chi connectivity index (χ4v) is 4.98. The molecule has 154 valence electrons. The Hall–Kier alpha value is -2.98. The molecule has 0 bridgehead atoms. The van der Waals surface area contributed by atoms with Gasteiger partial charge in [0.25, 0.3) is 12.5 Å². The molecular weight excluding hydrogens is 396 g/mol. The molecule has 2 aromatic carbocycles. The third-order valence-corrected chi connectivity index (χ3v) is 6.42. The minimum absolute atomic E-state index is 0.134. The van der Waals surface area contributed by atoms with Crippen molar-refractivity contribution in [2.75, 3.05) is 26.7 Å². The van der Waals surface area contributed by atoms with Crippen LogP contribution in [0.5, 0.6) is 0 Å². The van der Waals surface area contributed by atoms with Gasteiger partial charge in [-0.1, -0.05) is 48.5 Å². The zero-order valence-electron chi connectivity index (χ0n) is 15.9. The molecule has 1 atom stereocenters. The van der Waals surface area contributed by atoms with Crippen molar-refractivity contribution in [2.45, 2.75) is 17.5 Å². The summed E-state index contributed by atoms with van der Waals surface area (Å²) in [6, 6.07) is 17.0. The summed E-state index contributed by atoms with van der Waals surface area (Å²) in [5.41, 5.74) is 0.640. The lowest BCUT2D eigenvalue weighted by molar-refractivity contribution is -0.547. The van der Waals surface area contributed by atoms with Gasteiger partial charge in [0.2, 0.25) is 10.0 Å². The lowest BCUT2D eigenvalue weighted by Gasteiger charge is -2.42. The van der Waals surface area contributed by atoms with Gasteiger partial charge in [0, 0.05) is 13.1 Å². The van der Waals surface area contributed by atoms with Crippen LogP contribution in [0.1, 0.15) is 18.2 Å². The van der Waals surface area contributed by atoms with Crippen LogP contribution in [-0.4, -0.2) is 55.1 Å². The fraction of sp³-hybridized carbons (Fsp3) is 0.316. The van der Waals surface area contributed by atoms with Crippen molar-refractivity contribution >= 4 is 15.9 Å². The van der Waals surface area contributed by atoms with Crippen molar-refractivity contribution in [3.63, 3.8) is 0 Å². The van der Waals surface area contributed by atoms with E-state index in [1.54, 1.807) is 42.5 Å². The molecule has 1 aliphatic rings. The van der Waals surface area contributed by atoms with E-state index in [-0.39, 0.29) is 16.3 Å². The molecule has 2 aromatic rings. The number of hydroxylamine groups is 1. The van der Waals surface area contributed by atoms with E-state index in [0.29, 0.717) is 18.5 Å². The van der Waals surface area contributed by atoms with Crippen LogP contribution in [-0.2, 0) is 19.7 Å². The van der Waals surface area contributed by atoms with Gasteiger partial charge in [-0.3, -0.25) is 4.79 Å². The van der Waals surface area contributed by atoms with E-state index in [0.717, 1.165) is 0 Å². The number of carbonyl (C=O) groups is 1. The lowest BCUT2D eigenvalue weighted by Crippen LogP contribution is -2.53. The lowest BCUT2D eigenvalue weighted by atomic mass is 10.1. The quantitative estimate of drug-likeness (QED) is 0.406. The van der Waals surface area contributed by atoms with Crippen molar-refractivity contribution in [2.24, 2.45) is 5.28 Å². The average molecular weight is 418 g/mol. The Bertz CT molecular complexity index is 967. The highest BCUT2D eigenvalue weighted by Crippen LogP contribution is 2.34. The van der Waals surface area contributed by atoms with Crippen LogP contribution < -0.4 is 0 Å². The van der Waals surface area contributed by atoms with Crippen LogP contribution in [0.15, 0.2) is 70.8 Å². The highest BCUT2D eigenvalue weighted by atomic mass is 32.2. The molecule has 1 unspecified atom stereocenters. The Balaban J connectivity index is 2.02. The van der Waals surface area contributed by atoms with Crippen molar-refractivity contribution in [3.05, 3.63) is 71.4 Å². The number of rotatable bonds is 6. The van der Waals surface area contributed by atoms with E-state index >= 15 is 0 Å². The molecule has 1 saturated heterocycles.